The van der Waals surface area contributed by atoms with Gasteiger partial charge in [-0.1, -0.05) is 40.7 Å². The molecule has 0 saturated carbocycles. The number of hydrogen-bond donors (Lipinski definition) is 0. The lowest BCUT2D eigenvalue weighted by Crippen LogP contribution is -2.28. The third-order valence-electron chi connectivity index (χ3n) is 4.37. The maximum absolute atomic E-state index is 13.7. The summed E-state index contributed by atoms with van der Waals surface area (Å²) in [4.78, 5) is 18.1. The number of hydrogen-bond acceptors (Lipinski definition) is 4. The standard InChI is InChI=1S/C22H15Cl3FNO4/c1-4-7-31-27-11-16(15-9-13(29-2)10-18(30-3)20(15)24)19(21(25)22(27)28)14-6-5-12(26)8-17(14)23/h1,5-6,8-11H,7H2,2-3H3. The molecule has 1 aromatic heterocycles. The van der Waals surface area contributed by atoms with Gasteiger partial charge >= 0.3 is 5.56 Å². The average Bonchev–Trinajstić information content (AvgIpc) is 2.75. The number of ether oxygens (including phenoxy) is 2. The molecule has 0 radical (unpaired) electrons. The van der Waals surface area contributed by atoms with E-state index in [-0.39, 0.29) is 27.2 Å². The van der Waals surface area contributed by atoms with E-state index in [0.29, 0.717) is 28.2 Å². The molecule has 0 aliphatic heterocycles. The highest BCUT2D eigenvalue weighted by atomic mass is 35.5. The summed E-state index contributed by atoms with van der Waals surface area (Å²) in [6.07, 6.45) is 6.61. The Kier molecular flexibility index (Phi) is 7.01. The second-order valence-electron chi connectivity index (χ2n) is 6.16. The number of methoxy groups -OCH3 is 2. The fraction of sp³-hybridized carbons (Fsp3) is 0.136. The van der Waals surface area contributed by atoms with E-state index in [4.69, 9.17) is 55.5 Å². The van der Waals surface area contributed by atoms with Crippen molar-refractivity contribution in [1.29, 1.82) is 0 Å². The molecule has 9 heteroatoms. The molecule has 0 bridgehead atoms. The molecular formula is C22H15Cl3FNO4. The molecule has 1 heterocycles. The Morgan fingerprint density at radius 2 is 1.77 bits per heavy atom. The molecule has 0 aliphatic carbocycles. The van der Waals surface area contributed by atoms with Crippen LogP contribution in [0, 0.1) is 18.2 Å². The molecule has 5 nitrogen and oxygen atoms in total. The van der Waals surface area contributed by atoms with Gasteiger partial charge < -0.3 is 14.3 Å². The van der Waals surface area contributed by atoms with Gasteiger partial charge in [-0.05, 0) is 24.3 Å². The van der Waals surface area contributed by atoms with Crippen molar-refractivity contribution in [2.75, 3.05) is 20.8 Å². The highest BCUT2D eigenvalue weighted by molar-refractivity contribution is 6.38. The van der Waals surface area contributed by atoms with Crippen LogP contribution in [0.25, 0.3) is 22.3 Å². The molecule has 3 aromatic rings. The second kappa shape index (κ2) is 9.52. The maximum Gasteiger partial charge on any atom is 0.302 e. The van der Waals surface area contributed by atoms with Crippen molar-refractivity contribution >= 4 is 34.8 Å². The third kappa shape index (κ3) is 4.45. The van der Waals surface area contributed by atoms with Gasteiger partial charge in [-0.25, -0.2) is 4.39 Å². The molecule has 160 valence electrons. The van der Waals surface area contributed by atoms with Crippen LogP contribution in [-0.4, -0.2) is 25.6 Å². The summed E-state index contributed by atoms with van der Waals surface area (Å²) in [6, 6.07) is 6.97. The summed E-state index contributed by atoms with van der Waals surface area (Å²) in [5, 5.41) is 0.0534. The Morgan fingerprint density at radius 3 is 2.39 bits per heavy atom. The monoisotopic (exact) mass is 481 g/mol. The maximum atomic E-state index is 13.7. The third-order valence-corrected chi connectivity index (χ3v) is 5.42. The average molecular weight is 483 g/mol. The molecule has 0 saturated heterocycles. The van der Waals surface area contributed by atoms with E-state index in [9.17, 15) is 9.18 Å². The van der Waals surface area contributed by atoms with Gasteiger partial charge in [0.15, 0.2) is 6.61 Å². The Balaban J connectivity index is 2.44. The quantitative estimate of drug-likeness (QED) is 0.444. The van der Waals surface area contributed by atoms with E-state index in [0.717, 1.165) is 10.8 Å². The van der Waals surface area contributed by atoms with Gasteiger partial charge in [0.05, 0.1) is 30.5 Å². The van der Waals surface area contributed by atoms with Gasteiger partial charge in [0, 0.05) is 28.3 Å². The lowest BCUT2D eigenvalue weighted by molar-refractivity contribution is 0.130. The number of halogens is 4. The fourth-order valence-electron chi connectivity index (χ4n) is 2.96. The Hall–Kier alpha value is -2.85. The molecule has 0 aliphatic rings. The molecule has 0 atom stereocenters. The minimum atomic E-state index is -0.679. The van der Waals surface area contributed by atoms with Crippen LogP contribution in [0.3, 0.4) is 0 Å². The number of nitrogens with zero attached hydrogens (tertiary/aromatic N) is 1. The molecule has 0 fully saturated rings. The summed E-state index contributed by atoms with van der Waals surface area (Å²) in [6.45, 7) is -0.179. The van der Waals surface area contributed by atoms with Gasteiger partial charge in [0.25, 0.3) is 0 Å². The smallest absolute Gasteiger partial charge is 0.302 e. The zero-order valence-electron chi connectivity index (χ0n) is 16.3. The van der Waals surface area contributed by atoms with E-state index in [1.54, 1.807) is 12.1 Å². The van der Waals surface area contributed by atoms with Gasteiger partial charge in [-0.15, -0.1) is 11.2 Å². The lowest BCUT2D eigenvalue weighted by atomic mass is 9.95. The largest absolute Gasteiger partial charge is 0.497 e. The molecule has 0 N–H and O–H groups in total. The minimum Gasteiger partial charge on any atom is -0.497 e. The summed E-state index contributed by atoms with van der Waals surface area (Å²) in [7, 11) is 2.93. The molecule has 3 rings (SSSR count). The topological polar surface area (TPSA) is 49.7 Å². The Morgan fingerprint density at radius 1 is 1.03 bits per heavy atom. The summed E-state index contributed by atoms with van der Waals surface area (Å²) >= 11 is 19.3. The normalized spacial score (nSPS) is 10.5. The molecule has 0 unspecified atom stereocenters. The van der Waals surface area contributed by atoms with Gasteiger partial charge in [0.1, 0.15) is 22.3 Å². The molecule has 0 amide bonds. The molecule has 31 heavy (non-hydrogen) atoms. The van der Waals surface area contributed by atoms with Gasteiger partial charge in [-0.3, -0.25) is 4.79 Å². The zero-order chi connectivity index (χ0) is 22.7. The van der Waals surface area contributed by atoms with Gasteiger partial charge in [-0.2, -0.15) is 0 Å². The van der Waals surface area contributed by atoms with E-state index < -0.39 is 11.4 Å². The van der Waals surface area contributed by atoms with Crippen molar-refractivity contribution in [2.45, 2.75) is 0 Å². The number of terminal acetylenes is 1. The van der Waals surface area contributed by atoms with E-state index in [1.165, 1.54) is 32.5 Å². The van der Waals surface area contributed by atoms with Crippen LogP contribution in [0.5, 0.6) is 11.5 Å². The van der Waals surface area contributed by atoms with Crippen molar-refractivity contribution in [3.8, 4) is 46.1 Å². The molecular weight excluding hydrogens is 468 g/mol. The first-order chi connectivity index (χ1) is 14.8. The van der Waals surface area contributed by atoms with E-state index in [2.05, 4.69) is 5.92 Å². The Bertz CT molecular complexity index is 1250. The van der Waals surface area contributed by atoms with Crippen LogP contribution >= 0.6 is 34.8 Å². The highest BCUT2D eigenvalue weighted by Crippen LogP contribution is 2.45. The second-order valence-corrected chi connectivity index (χ2v) is 7.32. The van der Waals surface area contributed by atoms with Crippen molar-refractivity contribution in [1.82, 2.24) is 4.73 Å². The predicted octanol–water partition coefficient (Wildman–Crippen LogP) is 5.36. The van der Waals surface area contributed by atoms with Gasteiger partial charge in [0.2, 0.25) is 0 Å². The van der Waals surface area contributed by atoms with Crippen molar-refractivity contribution < 1.29 is 18.7 Å². The highest BCUT2D eigenvalue weighted by Gasteiger charge is 2.23. The number of rotatable bonds is 6. The van der Waals surface area contributed by atoms with E-state index in [1.807, 2.05) is 0 Å². The van der Waals surface area contributed by atoms with Crippen LogP contribution in [0.4, 0.5) is 4.39 Å². The fourth-order valence-corrected chi connectivity index (χ4v) is 3.80. The summed E-state index contributed by atoms with van der Waals surface area (Å²) in [5.41, 5.74) is 0.643. The first-order valence-corrected chi connectivity index (χ1v) is 9.85. The number of benzene rings is 2. The SMILES string of the molecule is C#CCOn1cc(-c2cc(OC)cc(OC)c2Cl)c(-c2ccc(F)cc2Cl)c(Cl)c1=O. The lowest BCUT2D eigenvalue weighted by Gasteiger charge is -2.18. The number of aromatic nitrogens is 1. The first kappa shape index (κ1) is 22.8. The molecule has 2 aromatic carbocycles. The predicted molar refractivity (Wildman–Crippen MR) is 120 cm³/mol. The minimum absolute atomic E-state index is 0.0517. The van der Waals surface area contributed by atoms with Crippen LogP contribution in [0.1, 0.15) is 0 Å². The van der Waals surface area contributed by atoms with Crippen LogP contribution in [0.15, 0.2) is 41.3 Å². The summed E-state index contributed by atoms with van der Waals surface area (Å²) in [5.74, 6) is 2.49. The van der Waals surface area contributed by atoms with Crippen LogP contribution < -0.4 is 19.9 Å². The van der Waals surface area contributed by atoms with Crippen molar-refractivity contribution in [3.63, 3.8) is 0 Å². The summed E-state index contributed by atoms with van der Waals surface area (Å²) < 4.78 is 25.2. The first-order valence-electron chi connectivity index (χ1n) is 8.71. The molecule has 0 spiro atoms. The van der Waals surface area contributed by atoms with Crippen LogP contribution in [-0.2, 0) is 0 Å². The zero-order valence-corrected chi connectivity index (χ0v) is 18.6. The van der Waals surface area contributed by atoms with Crippen molar-refractivity contribution in [3.05, 3.63) is 67.8 Å². The van der Waals surface area contributed by atoms with Crippen LogP contribution in [0.2, 0.25) is 15.1 Å². The van der Waals surface area contributed by atoms with Crippen molar-refractivity contribution in [2.24, 2.45) is 0 Å². The number of pyridine rings is 1. The Labute approximate surface area is 192 Å². The van der Waals surface area contributed by atoms with E-state index >= 15 is 0 Å².